The molecule has 3 nitrogen and oxygen atoms in total. The average Bonchev–Trinajstić information content (AvgIpc) is 2.25. The van der Waals surface area contributed by atoms with Crippen LogP contribution in [-0.2, 0) is 4.79 Å². The van der Waals surface area contributed by atoms with Crippen LogP contribution >= 0.6 is 11.6 Å². The van der Waals surface area contributed by atoms with Crippen LogP contribution in [0.15, 0.2) is 24.3 Å². The van der Waals surface area contributed by atoms with Crippen LogP contribution in [0.25, 0.3) is 0 Å². The van der Waals surface area contributed by atoms with Gasteiger partial charge in [0.15, 0.2) is 0 Å². The summed E-state index contributed by atoms with van der Waals surface area (Å²) in [5, 5.41) is 3.62. The summed E-state index contributed by atoms with van der Waals surface area (Å²) in [6, 6.07) is 7.46. The lowest BCUT2D eigenvalue weighted by atomic mass is 9.99. The van der Waals surface area contributed by atoms with E-state index < -0.39 is 0 Å². The Morgan fingerprint density at radius 2 is 2.17 bits per heavy atom. The number of benzene rings is 1. The Morgan fingerprint density at radius 3 is 2.72 bits per heavy atom. The number of amides is 1. The van der Waals surface area contributed by atoms with E-state index in [4.69, 9.17) is 17.3 Å². The van der Waals surface area contributed by atoms with Gasteiger partial charge in [-0.3, -0.25) is 4.79 Å². The molecule has 0 bridgehead atoms. The topological polar surface area (TPSA) is 55.1 Å². The second kappa shape index (κ2) is 6.21. The first-order valence-corrected chi connectivity index (χ1v) is 6.49. The molecular weight excluding hydrogens is 248 g/mol. The van der Waals surface area contributed by atoms with Gasteiger partial charge in [-0.05, 0) is 44.9 Å². The standard InChI is InChI=1S/C14H21ClN2O/c1-10(11-5-4-6-12(15)9-11)17-13(18)7-8-14(2,3)16/h4-6,9-10H,7-8,16H2,1-3H3,(H,17,18)/t10-/m0/s1. The van der Waals surface area contributed by atoms with Crippen molar-refractivity contribution in [2.45, 2.75) is 45.2 Å². The lowest BCUT2D eigenvalue weighted by Gasteiger charge is -2.19. The zero-order chi connectivity index (χ0) is 13.8. The maximum absolute atomic E-state index is 11.8. The van der Waals surface area contributed by atoms with Gasteiger partial charge in [0.1, 0.15) is 0 Å². The molecule has 0 aliphatic rings. The molecule has 1 aromatic rings. The van der Waals surface area contributed by atoms with E-state index in [1.807, 2.05) is 45.0 Å². The second-order valence-corrected chi connectivity index (χ2v) is 5.77. The second-order valence-electron chi connectivity index (χ2n) is 5.33. The quantitative estimate of drug-likeness (QED) is 0.862. The number of carbonyl (C=O) groups is 1. The van der Waals surface area contributed by atoms with Gasteiger partial charge in [0.05, 0.1) is 6.04 Å². The van der Waals surface area contributed by atoms with Crippen molar-refractivity contribution in [1.29, 1.82) is 0 Å². The van der Waals surface area contributed by atoms with Crippen molar-refractivity contribution >= 4 is 17.5 Å². The molecule has 0 unspecified atom stereocenters. The fraction of sp³-hybridized carbons (Fsp3) is 0.500. The van der Waals surface area contributed by atoms with Gasteiger partial charge in [0.25, 0.3) is 0 Å². The van der Waals surface area contributed by atoms with E-state index in [0.29, 0.717) is 17.9 Å². The summed E-state index contributed by atoms with van der Waals surface area (Å²) in [6.45, 7) is 5.78. The van der Waals surface area contributed by atoms with Crippen molar-refractivity contribution in [3.8, 4) is 0 Å². The average molecular weight is 269 g/mol. The predicted molar refractivity (Wildman–Crippen MR) is 75.5 cm³/mol. The molecule has 4 heteroatoms. The van der Waals surface area contributed by atoms with Gasteiger partial charge in [-0.25, -0.2) is 0 Å². The fourth-order valence-electron chi connectivity index (χ4n) is 1.61. The van der Waals surface area contributed by atoms with E-state index in [9.17, 15) is 4.79 Å². The molecule has 0 fully saturated rings. The maximum atomic E-state index is 11.8. The lowest BCUT2D eigenvalue weighted by molar-refractivity contribution is -0.122. The molecule has 1 aromatic carbocycles. The van der Waals surface area contributed by atoms with E-state index >= 15 is 0 Å². The highest BCUT2D eigenvalue weighted by Gasteiger charge is 2.15. The minimum atomic E-state index is -0.309. The van der Waals surface area contributed by atoms with Crippen LogP contribution in [0, 0.1) is 0 Å². The van der Waals surface area contributed by atoms with Crippen LogP contribution in [0.2, 0.25) is 5.02 Å². The summed E-state index contributed by atoms with van der Waals surface area (Å²) in [6.07, 6.45) is 1.11. The number of halogens is 1. The fourth-order valence-corrected chi connectivity index (χ4v) is 1.81. The third-order valence-corrected chi connectivity index (χ3v) is 2.96. The van der Waals surface area contributed by atoms with E-state index in [0.717, 1.165) is 5.56 Å². The summed E-state index contributed by atoms with van der Waals surface area (Å²) in [7, 11) is 0. The maximum Gasteiger partial charge on any atom is 0.220 e. The van der Waals surface area contributed by atoms with Crippen molar-refractivity contribution in [2.75, 3.05) is 0 Å². The summed E-state index contributed by atoms with van der Waals surface area (Å²) in [4.78, 5) is 11.8. The van der Waals surface area contributed by atoms with Gasteiger partial charge in [-0.1, -0.05) is 23.7 Å². The van der Waals surface area contributed by atoms with Gasteiger partial charge in [-0.15, -0.1) is 0 Å². The number of hydrogen-bond donors (Lipinski definition) is 2. The lowest BCUT2D eigenvalue weighted by Crippen LogP contribution is -2.35. The molecule has 0 aliphatic carbocycles. The molecule has 18 heavy (non-hydrogen) atoms. The Bertz CT molecular complexity index is 413. The highest BCUT2D eigenvalue weighted by atomic mass is 35.5. The number of rotatable bonds is 5. The van der Waals surface area contributed by atoms with Gasteiger partial charge >= 0.3 is 0 Å². The van der Waals surface area contributed by atoms with Crippen LogP contribution in [0.4, 0.5) is 0 Å². The van der Waals surface area contributed by atoms with E-state index in [1.54, 1.807) is 0 Å². The van der Waals surface area contributed by atoms with Crippen LogP contribution < -0.4 is 11.1 Å². The van der Waals surface area contributed by atoms with Gasteiger partial charge in [-0.2, -0.15) is 0 Å². The molecule has 0 radical (unpaired) electrons. The first-order chi connectivity index (χ1) is 8.28. The van der Waals surface area contributed by atoms with Crippen molar-refractivity contribution in [3.05, 3.63) is 34.9 Å². The molecule has 0 saturated carbocycles. The molecule has 100 valence electrons. The molecule has 0 aromatic heterocycles. The number of nitrogens with two attached hydrogens (primary N) is 1. The van der Waals surface area contributed by atoms with E-state index in [-0.39, 0.29) is 17.5 Å². The number of nitrogens with one attached hydrogen (secondary N) is 1. The molecule has 0 spiro atoms. The van der Waals surface area contributed by atoms with Gasteiger partial charge in [0, 0.05) is 17.0 Å². The predicted octanol–water partition coefficient (Wildman–Crippen LogP) is 3.03. The van der Waals surface area contributed by atoms with Crippen molar-refractivity contribution in [1.82, 2.24) is 5.32 Å². The normalized spacial score (nSPS) is 13.2. The van der Waals surface area contributed by atoms with E-state index in [1.165, 1.54) is 0 Å². The third kappa shape index (κ3) is 5.52. The first-order valence-electron chi connectivity index (χ1n) is 6.11. The first kappa shape index (κ1) is 15.0. The van der Waals surface area contributed by atoms with Gasteiger partial charge in [0.2, 0.25) is 5.91 Å². The molecule has 3 N–H and O–H groups in total. The van der Waals surface area contributed by atoms with Crippen LogP contribution in [0.5, 0.6) is 0 Å². The summed E-state index contributed by atoms with van der Waals surface area (Å²) >= 11 is 5.92. The molecule has 1 atom stereocenters. The van der Waals surface area contributed by atoms with Gasteiger partial charge < -0.3 is 11.1 Å². The van der Waals surface area contributed by atoms with Crippen LogP contribution in [-0.4, -0.2) is 11.4 Å². The molecule has 1 rings (SSSR count). The Kier molecular flexibility index (Phi) is 5.17. The van der Waals surface area contributed by atoms with Crippen molar-refractivity contribution in [3.63, 3.8) is 0 Å². The van der Waals surface area contributed by atoms with E-state index in [2.05, 4.69) is 5.32 Å². The minimum Gasteiger partial charge on any atom is -0.350 e. The summed E-state index contributed by atoms with van der Waals surface area (Å²) < 4.78 is 0. The summed E-state index contributed by atoms with van der Waals surface area (Å²) in [5.41, 5.74) is 6.54. The van der Waals surface area contributed by atoms with Crippen molar-refractivity contribution in [2.24, 2.45) is 5.73 Å². The van der Waals surface area contributed by atoms with Crippen LogP contribution in [0.3, 0.4) is 0 Å². The Hall–Kier alpha value is -1.06. The molecule has 0 saturated heterocycles. The van der Waals surface area contributed by atoms with Crippen LogP contribution in [0.1, 0.15) is 45.2 Å². The Morgan fingerprint density at radius 1 is 1.50 bits per heavy atom. The highest BCUT2D eigenvalue weighted by Crippen LogP contribution is 2.17. The molecule has 1 amide bonds. The van der Waals surface area contributed by atoms with Crippen molar-refractivity contribution < 1.29 is 4.79 Å². The SMILES string of the molecule is C[C@H](NC(=O)CCC(C)(C)N)c1cccc(Cl)c1. The largest absolute Gasteiger partial charge is 0.350 e. The third-order valence-electron chi connectivity index (χ3n) is 2.72. The monoisotopic (exact) mass is 268 g/mol. The minimum absolute atomic E-state index is 0.0148. The zero-order valence-electron chi connectivity index (χ0n) is 11.2. The summed E-state index contributed by atoms with van der Waals surface area (Å²) in [5.74, 6) is 0.0148. The smallest absolute Gasteiger partial charge is 0.220 e. The molecule has 0 heterocycles. The Balaban J connectivity index is 2.50. The number of hydrogen-bond acceptors (Lipinski definition) is 2. The zero-order valence-corrected chi connectivity index (χ0v) is 11.9. The molecular formula is C14H21ClN2O. The highest BCUT2D eigenvalue weighted by molar-refractivity contribution is 6.30. The number of carbonyl (C=O) groups excluding carboxylic acids is 1. The Labute approximate surface area is 114 Å². The molecule has 0 aliphatic heterocycles.